The van der Waals surface area contributed by atoms with Crippen molar-refractivity contribution in [2.45, 2.75) is 38.4 Å². The summed E-state index contributed by atoms with van der Waals surface area (Å²) >= 11 is 0. The van der Waals surface area contributed by atoms with Gasteiger partial charge in [-0.05, 0) is 26.7 Å². The molecule has 1 saturated heterocycles. The molecule has 1 rings (SSSR count). The lowest BCUT2D eigenvalue weighted by Crippen LogP contribution is -2.33. The second-order valence-electron chi connectivity index (χ2n) is 3.45. The van der Waals surface area contributed by atoms with Crippen LogP contribution >= 0.6 is 0 Å². The Morgan fingerprint density at radius 3 is 2.80 bits per heavy atom. The van der Waals surface area contributed by atoms with E-state index in [4.69, 9.17) is 10.6 Å². The molecule has 1 heterocycles. The molecule has 0 aromatic heterocycles. The Morgan fingerprint density at radius 2 is 2.40 bits per heavy atom. The number of hydrogen-bond acceptors (Lipinski definition) is 3. The van der Waals surface area contributed by atoms with Crippen molar-refractivity contribution in [2.75, 3.05) is 6.54 Å². The second kappa shape index (κ2) is 2.86. The molecule has 0 aromatic carbocycles. The zero-order chi connectivity index (χ0) is 7.61. The Bertz CT molecular complexity index is 114. The van der Waals surface area contributed by atoms with Crippen LogP contribution in [0.15, 0.2) is 0 Å². The number of ether oxygens (including phenoxy) is 1. The molecule has 0 aliphatic carbocycles. The summed E-state index contributed by atoms with van der Waals surface area (Å²) in [4.78, 5) is 0. The lowest BCUT2D eigenvalue weighted by molar-refractivity contribution is -0.0141. The average Bonchev–Trinajstić information content (AvgIpc) is 2.12. The zero-order valence-electron chi connectivity index (χ0n) is 6.68. The topological polar surface area (TPSA) is 47.3 Å². The second-order valence-corrected chi connectivity index (χ2v) is 3.45. The van der Waals surface area contributed by atoms with E-state index in [2.05, 4.69) is 19.3 Å². The maximum Gasteiger partial charge on any atom is 0.0721 e. The third-order valence-corrected chi connectivity index (χ3v) is 1.90. The van der Waals surface area contributed by atoms with Crippen LogP contribution in [-0.4, -0.2) is 18.2 Å². The van der Waals surface area contributed by atoms with Gasteiger partial charge in [0, 0.05) is 6.54 Å². The fourth-order valence-corrected chi connectivity index (χ4v) is 1.35. The molecule has 3 nitrogen and oxygen atoms in total. The first-order valence-electron chi connectivity index (χ1n) is 3.75. The molecule has 1 aliphatic heterocycles. The fraction of sp³-hybridized carbons (Fsp3) is 1.00. The number of nitrogens with one attached hydrogen (secondary N) is 1. The molecule has 0 radical (unpaired) electrons. The van der Waals surface area contributed by atoms with Gasteiger partial charge in [-0.15, -0.1) is 0 Å². The number of hydrazine groups is 1. The predicted octanol–water partition coefficient (Wildman–Crippen LogP) is 0.407. The lowest BCUT2D eigenvalue weighted by Gasteiger charge is -2.18. The van der Waals surface area contributed by atoms with Crippen molar-refractivity contribution in [1.82, 2.24) is 5.43 Å². The quantitative estimate of drug-likeness (QED) is 0.436. The van der Waals surface area contributed by atoms with E-state index >= 15 is 0 Å². The third-order valence-electron chi connectivity index (χ3n) is 1.90. The summed E-state index contributed by atoms with van der Waals surface area (Å²) in [5.41, 5.74) is 2.69. The van der Waals surface area contributed by atoms with Gasteiger partial charge in [0.05, 0.1) is 11.7 Å². The molecule has 0 spiro atoms. The molecule has 60 valence electrons. The van der Waals surface area contributed by atoms with Crippen molar-refractivity contribution in [3.05, 3.63) is 0 Å². The summed E-state index contributed by atoms with van der Waals surface area (Å²) in [5, 5.41) is 0. The first-order valence-corrected chi connectivity index (χ1v) is 3.75. The van der Waals surface area contributed by atoms with Crippen LogP contribution in [0.2, 0.25) is 0 Å². The summed E-state index contributed by atoms with van der Waals surface area (Å²) < 4.78 is 5.65. The molecule has 1 atom stereocenters. The fourth-order valence-electron chi connectivity index (χ4n) is 1.35. The molecule has 3 heteroatoms. The van der Waals surface area contributed by atoms with Gasteiger partial charge in [0.2, 0.25) is 0 Å². The molecule has 0 amide bonds. The van der Waals surface area contributed by atoms with Crippen LogP contribution in [0, 0.1) is 0 Å². The van der Waals surface area contributed by atoms with Crippen LogP contribution in [0.5, 0.6) is 0 Å². The normalized spacial score (nSPS) is 30.9. The van der Waals surface area contributed by atoms with Crippen molar-refractivity contribution < 1.29 is 4.74 Å². The summed E-state index contributed by atoms with van der Waals surface area (Å²) in [6, 6.07) is 0. The van der Waals surface area contributed by atoms with Crippen molar-refractivity contribution >= 4 is 0 Å². The van der Waals surface area contributed by atoms with Crippen LogP contribution in [-0.2, 0) is 4.74 Å². The van der Waals surface area contributed by atoms with Crippen molar-refractivity contribution in [3.63, 3.8) is 0 Å². The molecule has 0 unspecified atom stereocenters. The van der Waals surface area contributed by atoms with E-state index in [0.717, 1.165) is 19.4 Å². The highest BCUT2D eigenvalue weighted by atomic mass is 16.5. The highest BCUT2D eigenvalue weighted by molar-refractivity contribution is 4.81. The Balaban J connectivity index is 2.29. The van der Waals surface area contributed by atoms with E-state index < -0.39 is 0 Å². The van der Waals surface area contributed by atoms with Gasteiger partial charge in [0.1, 0.15) is 0 Å². The minimum atomic E-state index is 0.0709. The monoisotopic (exact) mass is 144 g/mol. The van der Waals surface area contributed by atoms with Crippen LogP contribution in [0.3, 0.4) is 0 Å². The summed E-state index contributed by atoms with van der Waals surface area (Å²) in [7, 11) is 0. The van der Waals surface area contributed by atoms with Crippen molar-refractivity contribution in [1.29, 1.82) is 0 Å². The van der Waals surface area contributed by atoms with E-state index in [-0.39, 0.29) is 5.60 Å². The third kappa shape index (κ3) is 1.94. The lowest BCUT2D eigenvalue weighted by atomic mass is 10.1. The molecule has 3 N–H and O–H groups in total. The maximum atomic E-state index is 5.65. The van der Waals surface area contributed by atoms with E-state index in [1.807, 2.05) is 0 Å². The number of hydrogen-bond donors (Lipinski definition) is 2. The van der Waals surface area contributed by atoms with E-state index in [9.17, 15) is 0 Å². The standard InChI is InChI=1S/C7H16N2O/c1-7(2)4-3-6(10-7)5-9-8/h6,9H,3-5,8H2,1-2H3/t6-/m1/s1. The van der Waals surface area contributed by atoms with E-state index in [1.54, 1.807) is 0 Å². The van der Waals surface area contributed by atoms with Crippen molar-refractivity contribution in [3.8, 4) is 0 Å². The smallest absolute Gasteiger partial charge is 0.0721 e. The van der Waals surface area contributed by atoms with Crippen LogP contribution in [0.1, 0.15) is 26.7 Å². The number of nitrogens with two attached hydrogens (primary N) is 1. The van der Waals surface area contributed by atoms with Gasteiger partial charge in [-0.2, -0.15) is 0 Å². The van der Waals surface area contributed by atoms with Gasteiger partial charge in [-0.1, -0.05) is 0 Å². The highest BCUT2D eigenvalue weighted by Crippen LogP contribution is 2.28. The van der Waals surface area contributed by atoms with Crippen molar-refractivity contribution in [2.24, 2.45) is 5.84 Å². The van der Waals surface area contributed by atoms with Crippen LogP contribution < -0.4 is 11.3 Å². The molecular weight excluding hydrogens is 128 g/mol. The van der Waals surface area contributed by atoms with Gasteiger partial charge in [0.15, 0.2) is 0 Å². The molecule has 0 aromatic rings. The molecular formula is C7H16N2O. The average molecular weight is 144 g/mol. The maximum absolute atomic E-state index is 5.65. The van der Waals surface area contributed by atoms with Gasteiger partial charge in [-0.25, -0.2) is 0 Å². The van der Waals surface area contributed by atoms with E-state index in [1.165, 1.54) is 0 Å². The predicted molar refractivity (Wildman–Crippen MR) is 40.4 cm³/mol. The first-order chi connectivity index (χ1) is 4.64. The molecule has 10 heavy (non-hydrogen) atoms. The highest BCUT2D eigenvalue weighted by Gasteiger charge is 2.30. The van der Waals surface area contributed by atoms with Gasteiger partial charge in [-0.3, -0.25) is 11.3 Å². The largest absolute Gasteiger partial charge is 0.371 e. The zero-order valence-corrected chi connectivity index (χ0v) is 6.68. The van der Waals surface area contributed by atoms with Crippen LogP contribution in [0.25, 0.3) is 0 Å². The molecule has 1 fully saturated rings. The Kier molecular flexibility index (Phi) is 2.28. The molecule has 0 saturated carbocycles. The SMILES string of the molecule is CC1(C)CC[C@H](CNN)O1. The minimum absolute atomic E-state index is 0.0709. The summed E-state index contributed by atoms with van der Waals surface area (Å²) in [6.07, 6.45) is 2.58. The van der Waals surface area contributed by atoms with E-state index in [0.29, 0.717) is 6.10 Å². The Labute approximate surface area is 61.9 Å². The van der Waals surface area contributed by atoms with Gasteiger partial charge in [0.25, 0.3) is 0 Å². The minimum Gasteiger partial charge on any atom is -0.371 e. The summed E-state index contributed by atoms with van der Waals surface area (Å²) in [6.45, 7) is 5.00. The molecule has 0 bridgehead atoms. The van der Waals surface area contributed by atoms with Crippen LogP contribution in [0.4, 0.5) is 0 Å². The molecule has 1 aliphatic rings. The Hall–Kier alpha value is -0.120. The Morgan fingerprint density at radius 1 is 1.70 bits per heavy atom. The number of rotatable bonds is 2. The summed E-state index contributed by atoms with van der Waals surface area (Å²) in [5.74, 6) is 5.17. The van der Waals surface area contributed by atoms with Gasteiger partial charge < -0.3 is 4.74 Å². The van der Waals surface area contributed by atoms with Gasteiger partial charge >= 0.3 is 0 Å². The first kappa shape index (κ1) is 7.98.